The molecule has 25 heavy (non-hydrogen) atoms. The van der Waals surface area contributed by atoms with E-state index in [0.29, 0.717) is 12.1 Å². The van der Waals surface area contributed by atoms with Crippen LogP contribution < -0.4 is 0 Å². The smallest absolute Gasteiger partial charge is 0.254 e. The summed E-state index contributed by atoms with van der Waals surface area (Å²) in [5.74, 6) is 0.221. The molecule has 0 radical (unpaired) electrons. The monoisotopic (exact) mass is 339 g/mol. The van der Waals surface area contributed by atoms with E-state index in [0.717, 1.165) is 16.9 Å². The molecule has 0 bridgehead atoms. The van der Waals surface area contributed by atoms with E-state index in [1.54, 1.807) is 36.6 Å². The lowest BCUT2D eigenvalue weighted by Crippen LogP contribution is -2.33. The highest BCUT2D eigenvalue weighted by atomic mass is 19.1. The van der Waals surface area contributed by atoms with Gasteiger partial charge >= 0.3 is 0 Å². The molecular weight excluding hydrogens is 321 g/mol. The molecule has 0 saturated carbocycles. The van der Waals surface area contributed by atoms with Gasteiger partial charge in [0.2, 0.25) is 0 Å². The van der Waals surface area contributed by atoms with E-state index in [1.165, 1.54) is 17.0 Å². The van der Waals surface area contributed by atoms with Crippen molar-refractivity contribution in [2.75, 3.05) is 13.2 Å². The van der Waals surface area contributed by atoms with Crippen LogP contribution in [0.5, 0.6) is 0 Å². The summed E-state index contributed by atoms with van der Waals surface area (Å²) in [5.41, 5.74) is 2.20. The minimum absolute atomic E-state index is 0.141. The molecule has 0 fully saturated rings. The Hall–Kier alpha value is -2.92. The predicted octanol–water partition coefficient (Wildman–Crippen LogP) is 3.72. The Morgan fingerprint density at radius 3 is 2.36 bits per heavy atom. The number of carbonyl (C=O) groups is 1. The lowest BCUT2D eigenvalue weighted by atomic mass is 10.1. The second kappa shape index (κ2) is 7.77. The molecule has 0 saturated heterocycles. The van der Waals surface area contributed by atoms with Crippen molar-refractivity contribution >= 4 is 5.91 Å². The zero-order valence-corrected chi connectivity index (χ0v) is 13.6. The first-order valence-electron chi connectivity index (χ1n) is 7.96. The van der Waals surface area contributed by atoms with Crippen LogP contribution in [-0.4, -0.2) is 29.1 Å². The molecule has 3 rings (SSSR count). The van der Waals surface area contributed by atoms with Crippen LogP contribution in [0.2, 0.25) is 0 Å². The first-order valence-corrected chi connectivity index (χ1v) is 7.96. The minimum atomic E-state index is -0.322. The predicted molar refractivity (Wildman–Crippen MR) is 92.4 cm³/mol. The number of furan rings is 1. The van der Waals surface area contributed by atoms with Crippen LogP contribution in [0.3, 0.4) is 0 Å². The number of amides is 1. The maximum absolute atomic E-state index is 13.0. The van der Waals surface area contributed by atoms with Gasteiger partial charge in [0, 0.05) is 24.2 Å². The molecule has 0 aliphatic carbocycles. The number of benzene rings is 2. The van der Waals surface area contributed by atoms with Crippen molar-refractivity contribution in [2.24, 2.45) is 0 Å². The molecule has 3 aromatic rings. The Balaban J connectivity index is 1.76. The third-order valence-corrected chi connectivity index (χ3v) is 3.88. The average Bonchev–Trinajstić information content (AvgIpc) is 3.17. The molecule has 1 amide bonds. The van der Waals surface area contributed by atoms with Crippen LogP contribution in [0.1, 0.15) is 15.9 Å². The van der Waals surface area contributed by atoms with Gasteiger partial charge in [0.1, 0.15) is 11.6 Å². The normalized spacial score (nSPS) is 10.6. The summed E-state index contributed by atoms with van der Waals surface area (Å²) >= 11 is 0. The van der Waals surface area contributed by atoms with Crippen molar-refractivity contribution in [1.29, 1.82) is 0 Å². The quantitative estimate of drug-likeness (QED) is 0.745. The summed E-state index contributed by atoms with van der Waals surface area (Å²) in [5, 5.41) is 9.26. The molecule has 1 N–H and O–H groups in total. The maximum Gasteiger partial charge on any atom is 0.254 e. The van der Waals surface area contributed by atoms with Crippen LogP contribution >= 0.6 is 0 Å². The Kier molecular flexibility index (Phi) is 5.26. The first kappa shape index (κ1) is 16.9. The number of aliphatic hydroxyl groups is 1. The Morgan fingerprint density at radius 1 is 1.04 bits per heavy atom. The number of nitrogens with zero attached hydrogens (tertiary/aromatic N) is 1. The maximum atomic E-state index is 13.0. The summed E-state index contributed by atoms with van der Waals surface area (Å²) < 4.78 is 18.4. The fourth-order valence-electron chi connectivity index (χ4n) is 2.59. The van der Waals surface area contributed by atoms with Crippen molar-refractivity contribution in [3.8, 4) is 11.3 Å². The molecule has 4 nitrogen and oxygen atoms in total. The molecular formula is C20H18FNO3. The molecule has 0 spiro atoms. The van der Waals surface area contributed by atoms with Crippen molar-refractivity contribution in [3.63, 3.8) is 0 Å². The van der Waals surface area contributed by atoms with Crippen LogP contribution in [0.15, 0.2) is 71.3 Å². The summed E-state index contributed by atoms with van der Waals surface area (Å²) in [6.45, 7) is 0.368. The van der Waals surface area contributed by atoms with Gasteiger partial charge in [-0.25, -0.2) is 4.39 Å². The van der Waals surface area contributed by atoms with E-state index in [4.69, 9.17) is 4.42 Å². The Bertz CT molecular complexity index is 811. The summed E-state index contributed by atoms with van der Waals surface area (Å²) in [4.78, 5) is 14.3. The van der Waals surface area contributed by atoms with Gasteiger partial charge in [-0.3, -0.25) is 4.79 Å². The van der Waals surface area contributed by atoms with Crippen LogP contribution in [0.4, 0.5) is 4.39 Å². The van der Waals surface area contributed by atoms with Crippen molar-refractivity contribution in [3.05, 3.63) is 83.9 Å². The molecule has 1 aromatic heterocycles. The number of rotatable bonds is 6. The molecule has 0 unspecified atom stereocenters. The van der Waals surface area contributed by atoms with Crippen molar-refractivity contribution in [2.45, 2.75) is 6.54 Å². The fourth-order valence-corrected chi connectivity index (χ4v) is 2.59. The van der Waals surface area contributed by atoms with Crippen LogP contribution in [0, 0.1) is 5.82 Å². The second-order valence-corrected chi connectivity index (χ2v) is 5.63. The first-order chi connectivity index (χ1) is 12.2. The molecule has 0 aliphatic rings. The zero-order chi connectivity index (χ0) is 17.6. The number of carbonyl (C=O) groups excluding carboxylic acids is 1. The molecule has 0 atom stereocenters. The van der Waals surface area contributed by atoms with Gasteiger partial charge in [-0.15, -0.1) is 0 Å². The van der Waals surface area contributed by atoms with Gasteiger partial charge in [0.05, 0.1) is 12.9 Å². The van der Waals surface area contributed by atoms with Crippen LogP contribution in [0.25, 0.3) is 11.3 Å². The summed E-state index contributed by atoms with van der Waals surface area (Å²) in [7, 11) is 0. The summed E-state index contributed by atoms with van der Waals surface area (Å²) in [6, 6.07) is 16.7. The second-order valence-electron chi connectivity index (χ2n) is 5.63. The van der Waals surface area contributed by atoms with Gasteiger partial charge < -0.3 is 14.4 Å². The Labute approximate surface area is 145 Å². The van der Waals surface area contributed by atoms with Crippen LogP contribution in [-0.2, 0) is 6.54 Å². The minimum Gasteiger partial charge on any atom is -0.464 e. The molecule has 1 heterocycles. The highest BCUT2D eigenvalue weighted by molar-refractivity contribution is 5.94. The van der Waals surface area contributed by atoms with Gasteiger partial charge in [0.25, 0.3) is 5.91 Å². The Morgan fingerprint density at radius 2 is 1.76 bits per heavy atom. The summed E-state index contributed by atoms with van der Waals surface area (Å²) in [6.07, 6.45) is 1.60. The van der Waals surface area contributed by atoms with Gasteiger partial charge in [-0.2, -0.15) is 0 Å². The third-order valence-electron chi connectivity index (χ3n) is 3.88. The molecule has 0 aliphatic heterocycles. The number of aliphatic hydroxyl groups excluding tert-OH is 1. The number of halogens is 1. The molecule has 2 aromatic carbocycles. The van der Waals surface area contributed by atoms with E-state index in [-0.39, 0.29) is 24.9 Å². The van der Waals surface area contributed by atoms with Gasteiger partial charge in [-0.1, -0.05) is 24.3 Å². The van der Waals surface area contributed by atoms with E-state index in [2.05, 4.69) is 0 Å². The number of hydrogen-bond acceptors (Lipinski definition) is 3. The standard InChI is InChI=1S/C20H18FNO3/c21-18-9-3-15(4-10-18)14-22(11-12-23)20(24)17-7-5-16(6-8-17)19-2-1-13-25-19/h1-10,13,23H,11-12,14H2. The fraction of sp³-hybridized carbons (Fsp3) is 0.150. The SMILES string of the molecule is O=C(c1ccc(-c2ccco2)cc1)N(CCO)Cc1ccc(F)cc1. The highest BCUT2D eigenvalue weighted by Gasteiger charge is 2.16. The largest absolute Gasteiger partial charge is 0.464 e. The van der Waals surface area contributed by atoms with E-state index in [9.17, 15) is 14.3 Å². The lowest BCUT2D eigenvalue weighted by molar-refractivity contribution is 0.0708. The highest BCUT2D eigenvalue weighted by Crippen LogP contribution is 2.21. The number of hydrogen-bond donors (Lipinski definition) is 1. The van der Waals surface area contributed by atoms with Crippen molar-refractivity contribution < 1.29 is 18.7 Å². The lowest BCUT2D eigenvalue weighted by Gasteiger charge is -2.22. The zero-order valence-electron chi connectivity index (χ0n) is 13.6. The van der Waals surface area contributed by atoms with Gasteiger partial charge in [0.15, 0.2) is 0 Å². The third kappa shape index (κ3) is 4.14. The molecule has 5 heteroatoms. The van der Waals surface area contributed by atoms with Crippen molar-refractivity contribution in [1.82, 2.24) is 4.90 Å². The van der Waals surface area contributed by atoms with Gasteiger partial charge in [-0.05, 0) is 42.0 Å². The average molecular weight is 339 g/mol. The topological polar surface area (TPSA) is 53.7 Å². The van der Waals surface area contributed by atoms with E-state index >= 15 is 0 Å². The van der Waals surface area contributed by atoms with E-state index < -0.39 is 0 Å². The van der Waals surface area contributed by atoms with E-state index in [1.807, 2.05) is 18.2 Å². The molecule has 128 valence electrons.